The van der Waals surface area contributed by atoms with Crippen LogP contribution in [0.3, 0.4) is 0 Å². The summed E-state index contributed by atoms with van der Waals surface area (Å²) in [5.41, 5.74) is 3.60. The number of H-pyrrole nitrogens is 1. The maximum Gasteiger partial charge on any atom is 0.109 e. The van der Waals surface area contributed by atoms with Crippen molar-refractivity contribution in [2.24, 2.45) is 0 Å². The second-order valence-corrected chi connectivity index (χ2v) is 8.03. The first-order valence-corrected chi connectivity index (χ1v) is 10.1. The zero-order valence-corrected chi connectivity index (χ0v) is 16.5. The number of aromatic nitrogens is 2. The summed E-state index contributed by atoms with van der Waals surface area (Å²) < 4.78 is 0. The summed E-state index contributed by atoms with van der Waals surface area (Å²) in [6.45, 7) is 0. The molecule has 1 N–H and O–H groups in total. The molecule has 1 saturated carbocycles. The Balaban J connectivity index is 1.73. The van der Waals surface area contributed by atoms with E-state index in [1.165, 1.54) is 32.1 Å². The van der Waals surface area contributed by atoms with Crippen molar-refractivity contribution in [3.05, 3.63) is 63.5 Å². The molecule has 1 aliphatic rings. The molecule has 2 nitrogen and oxygen atoms in total. The van der Waals surface area contributed by atoms with Gasteiger partial charge in [0.25, 0.3) is 0 Å². The summed E-state index contributed by atoms with van der Waals surface area (Å²) in [6, 6.07) is 11.5. The van der Waals surface area contributed by atoms with E-state index in [0.29, 0.717) is 21.0 Å². The van der Waals surface area contributed by atoms with Crippen LogP contribution in [0.25, 0.3) is 22.4 Å². The highest BCUT2D eigenvalue weighted by atomic mass is 35.5. The molecule has 0 unspecified atom stereocenters. The molecule has 0 spiro atoms. The van der Waals surface area contributed by atoms with Crippen LogP contribution in [0.5, 0.6) is 0 Å². The molecule has 4 rings (SSSR count). The highest BCUT2D eigenvalue weighted by molar-refractivity contribution is 6.41. The zero-order chi connectivity index (χ0) is 18.1. The maximum absolute atomic E-state index is 6.75. The summed E-state index contributed by atoms with van der Waals surface area (Å²) >= 11 is 19.2. The average Bonchev–Trinajstić information content (AvgIpc) is 3.13. The van der Waals surface area contributed by atoms with Gasteiger partial charge in [0.1, 0.15) is 5.82 Å². The van der Waals surface area contributed by atoms with Crippen LogP contribution in [-0.4, -0.2) is 9.97 Å². The van der Waals surface area contributed by atoms with E-state index < -0.39 is 0 Å². The fraction of sp³-hybridized carbons (Fsp3) is 0.286. The molecule has 26 heavy (non-hydrogen) atoms. The Labute approximate surface area is 168 Å². The van der Waals surface area contributed by atoms with E-state index >= 15 is 0 Å². The number of nitrogens with zero attached hydrogens (tertiary/aromatic N) is 1. The molecule has 0 amide bonds. The van der Waals surface area contributed by atoms with Gasteiger partial charge in [-0.2, -0.15) is 0 Å². The van der Waals surface area contributed by atoms with Crippen molar-refractivity contribution in [2.75, 3.05) is 0 Å². The van der Waals surface area contributed by atoms with Crippen LogP contribution in [-0.2, 0) is 0 Å². The van der Waals surface area contributed by atoms with Crippen molar-refractivity contribution in [1.82, 2.24) is 9.97 Å². The van der Waals surface area contributed by atoms with Crippen molar-refractivity contribution in [2.45, 2.75) is 38.0 Å². The minimum atomic E-state index is 0.509. The second-order valence-electron chi connectivity index (χ2n) is 6.81. The largest absolute Gasteiger partial charge is 0.342 e. The summed E-state index contributed by atoms with van der Waals surface area (Å²) in [6.07, 6.45) is 8.11. The van der Waals surface area contributed by atoms with Crippen LogP contribution in [0.15, 0.2) is 42.6 Å². The highest BCUT2D eigenvalue weighted by Crippen LogP contribution is 2.41. The molecular formula is C21H19Cl3N2. The summed E-state index contributed by atoms with van der Waals surface area (Å²) in [7, 11) is 0. The predicted octanol–water partition coefficient (Wildman–Crippen LogP) is 7.75. The van der Waals surface area contributed by atoms with Crippen LogP contribution in [0.4, 0.5) is 0 Å². The molecule has 0 aliphatic heterocycles. The number of hydrogen-bond acceptors (Lipinski definition) is 1. The number of nitrogens with one attached hydrogen (secondary N) is 1. The SMILES string of the molecule is Clc1ccc(-c2ccc(Cl)c(-c3cnc(C4CCCCC4)[nH]3)c2Cl)cc1. The van der Waals surface area contributed by atoms with Crippen LogP contribution >= 0.6 is 34.8 Å². The first-order chi connectivity index (χ1) is 12.6. The monoisotopic (exact) mass is 404 g/mol. The Morgan fingerprint density at radius 2 is 1.62 bits per heavy atom. The van der Waals surface area contributed by atoms with Crippen LogP contribution in [0.2, 0.25) is 15.1 Å². The van der Waals surface area contributed by atoms with E-state index in [0.717, 1.165) is 28.2 Å². The lowest BCUT2D eigenvalue weighted by atomic mass is 9.89. The minimum Gasteiger partial charge on any atom is -0.342 e. The van der Waals surface area contributed by atoms with Gasteiger partial charge in [0.2, 0.25) is 0 Å². The number of imidazole rings is 1. The molecule has 3 aromatic rings. The summed E-state index contributed by atoms with van der Waals surface area (Å²) in [4.78, 5) is 8.09. The maximum atomic E-state index is 6.75. The Hall–Kier alpha value is -1.48. The van der Waals surface area contributed by atoms with Gasteiger partial charge in [0.15, 0.2) is 0 Å². The molecule has 5 heteroatoms. The number of halogens is 3. The van der Waals surface area contributed by atoms with Gasteiger partial charge >= 0.3 is 0 Å². The van der Waals surface area contributed by atoms with Crippen LogP contribution < -0.4 is 0 Å². The van der Waals surface area contributed by atoms with Crippen molar-refractivity contribution in [3.8, 4) is 22.4 Å². The van der Waals surface area contributed by atoms with E-state index in [-0.39, 0.29) is 0 Å². The molecule has 0 radical (unpaired) electrons. The van der Waals surface area contributed by atoms with Crippen molar-refractivity contribution < 1.29 is 0 Å². The van der Waals surface area contributed by atoms with E-state index in [1.807, 2.05) is 42.6 Å². The molecule has 1 fully saturated rings. The van der Waals surface area contributed by atoms with Crippen molar-refractivity contribution in [3.63, 3.8) is 0 Å². The first kappa shape index (κ1) is 17.9. The fourth-order valence-electron chi connectivity index (χ4n) is 3.70. The molecule has 0 atom stereocenters. The lowest BCUT2D eigenvalue weighted by molar-refractivity contribution is 0.431. The van der Waals surface area contributed by atoms with E-state index in [1.54, 1.807) is 0 Å². The van der Waals surface area contributed by atoms with E-state index in [4.69, 9.17) is 34.8 Å². The van der Waals surface area contributed by atoms with Gasteiger partial charge in [0, 0.05) is 22.1 Å². The molecular weight excluding hydrogens is 387 g/mol. The standard InChI is InChI=1S/C21H19Cl3N2/c22-15-8-6-13(7-9-15)16-10-11-17(23)19(20(16)24)18-12-25-21(26-18)14-4-2-1-3-5-14/h6-12,14H,1-5H2,(H,25,26). The summed E-state index contributed by atoms with van der Waals surface area (Å²) in [5, 5.41) is 1.94. The number of rotatable bonds is 3. The Morgan fingerprint density at radius 3 is 2.35 bits per heavy atom. The number of benzene rings is 2. The molecule has 0 bridgehead atoms. The molecule has 0 saturated heterocycles. The molecule has 1 aliphatic carbocycles. The molecule has 134 valence electrons. The third-order valence-corrected chi connectivity index (χ3v) is 6.06. The predicted molar refractivity (Wildman–Crippen MR) is 110 cm³/mol. The number of aromatic amines is 1. The van der Waals surface area contributed by atoms with Crippen LogP contribution in [0, 0.1) is 0 Å². The minimum absolute atomic E-state index is 0.509. The van der Waals surface area contributed by atoms with Crippen LogP contribution in [0.1, 0.15) is 43.8 Å². The van der Waals surface area contributed by atoms with Gasteiger partial charge in [-0.3, -0.25) is 0 Å². The first-order valence-electron chi connectivity index (χ1n) is 8.92. The van der Waals surface area contributed by atoms with Gasteiger partial charge in [-0.05, 0) is 36.6 Å². The molecule has 2 aromatic carbocycles. The van der Waals surface area contributed by atoms with Gasteiger partial charge in [0.05, 0.1) is 21.9 Å². The van der Waals surface area contributed by atoms with E-state index in [9.17, 15) is 0 Å². The second kappa shape index (κ2) is 7.64. The van der Waals surface area contributed by atoms with Gasteiger partial charge in [-0.1, -0.05) is 72.3 Å². The smallest absolute Gasteiger partial charge is 0.109 e. The molecule has 1 heterocycles. The van der Waals surface area contributed by atoms with Gasteiger partial charge in [-0.15, -0.1) is 0 Å². The lowest BCUT2D eigenvalue weighted by Crippen LogP contribution is -2.06. The van der Waals surface area contributed by atoms with E-state index in [2.05, 4.69) is 9.97 Å². The Bertz CT molecular complexity index is 910. The third-order valence-electron chi connectivity index (χ3n) is 5.10. The molecule has 1 aromatic heterocycles. The Kier molecular flexibility index (Phi) is 5.26. The summed E-state index contributed by atoms with van der Waals surface area (Å²) in [5.74, 6) is 1.55. The van der Waals surface area contributed by atoms with Crippen molar-refractivity contribution in [1.29, 1.82) is 0 Å². The quantitative estimate of drug-likeness (QED) is 0.474. The third kappa shape index (κ3) is 3.51. The van der Waals surface area contributed by atoms with Crippen molar-refractivity contribution >= 4 is 34.8 Å². The normalized spacial score (nSPS) is 15.3. The Morgan fingerprint density at radius 1 is 0.885 bits per heavy atom. The van der Waals surface area contributed by atoms with Gasteiger partial charge in [-0.25, -0.2) is 4.98 Å². The van der Waals surface area contributed by atoms with Gasteiger partial charge < -0.3 is 4.98 Å². The highest BCUT2D eigenvalue weighted by Gasteiger charge is 2.21. The fourth-order valence-corrected chi connectivity index (χ4v) is 4.51. The average molecular weight is 406 g/mol. The number of hydrogen-bond donors (Lipinski definition) is 1. The lowest BCUT2D eigenvalue weighted by Gasteiger charge is -2.19. The zero-order valence-electron chi connectivity index (χ0n) is 14.2. The topological polar surface area (TPSA) is 28.7 Å².